The van der Waals surface area contributed by atoms with Crippen LogP contribution in [0.15, 0.2) is 10.5 Å². The second kappa shape index (κ2) is 5.67. The summed E-state index contributed by atoms with van der Waals surface area (Å²) in [7, 11) is 0. The van der Waals surface area contributed by atoms with Crippen LogP contribution in [0.5, 0.6) is 11.5 Å². The van der Waals surface area contributed by atoms with Crippen LogP contribution in [0.1, 0.15) is 18.4 Å². The summed E-state index contributed by atoms with van der Waals surface area (Å²) in [4.78, 5) is 0. The average Bonchev–Trinajstić information content (AvgIpc) is 2.45. The Hall–Kier alpha value is -0.810. The molecule has 3 rings (SSSR count). The predicted molar refractivity (Wildman–Crippen MR) is 74.4 cm³/mol. The van der Waals surface area contributed by atoms with Crippen LogP contribution in [0, 0.1) is 11.7 Å². The zero-order valence-electron chi connectivity index (χ0n) is 10.7. The van der Waals surface area contributed by atoms with Crippen LogP contribution in [-0.4, -0.2) is 26.3 Å². The third-order valence-electron chi connectivity index (χ3n) is 3.71. The van der Waals surface area contributed by atoms with E-state index in [1.165, 1.54) is 6.07 Å². The summed E-state index contributed by atoms with van der Waals surface area (Å²) in [5.41, 5.74) is 0.706. The molecule has 0 aromatic heterocycles. The fourth-order valence-corrected chi connectivity index (χ4v) is 3.39. The van der Waals surface area contributed by atoms with Crippen molar-refractivity contribution in [3.8, 4) is 11.5 Å². The number of rotatable bonds is 2. The number of hydrogen-bond donors (Lipinski definition) is 1. The number of piperidine rings is 1. The first-order valence-electron chi connectivity index (χ1n) is 6.73. The molecule has 0 spiro atoms. The summed E-state index contributed by atoms with van der Waals surface area (Å²) in [5, 5.41) is 3.36. The molecule has 1 aromatic carbocycles. The van der Waals surface area contributed by atoms with Gasteiger partial charge in [0.1, 0.15) is 19.0 Å². The van der Waals surface area contributed by atoms with Crippen molar-refractivity contribution in [3.63, 3.8) is 0 Å². The molecule has 19 heavy (non-hydrogen) atoms. The molecule has 1 aromatic rings. The fourth-order valence-electron chi connectivity index (χ4n) is 2.73. The van der Waals surface area contributed by atoms with E-state index in [0.29, 0.717) is 40.7 Å². The lowest BCUT2D eigenvalue weighted by Crippen LogP contribution is -2.31. The van der Waals surface area contributed by atoms with Gasteiger partial charge in [0.05, 0.1) is 4.47 Å². The molecule has 104 valence electrons. The average molecular weight is 330 g/mol. The Morgan fingerprint density at radius 2 is 2.21 bits per heavy atom. The van der Waals surface area contributed by atoms with Crippen molar-refractivity contribution in [1.82, 2.24) is 5.32 Å². The van der Waals surface area contributed by atoms with E-state index in [9.17, 15) is 4.39 Å². The summed E-state index contributed by atoms with van der Waals surface area (Å²) < 4.78 is 25.9. The maximum absolute atomic E-state index is 14.2. The Labute approximate surface area is 120 Å². The van der Waals surface area contributed by atoms with E-state index in [1.807, 2.05) is 0 Å². The number of hydrogen-bond acceptors (Lipinski definition) is 3. The van der Waals surface area contributed by atoms with Gasteiger partial charge in [-0.05, 0) is 54.2 Å². The molecule has 2 aliphatic heterocycles. The van der Waals surface area contributed by atoms with Crippen molar-refractivity contribution < 1.29 is 13.9 Å². The Kier molecular flexibility index (Phi) is 3.93. The first kappa shape index (κ1) is 13.2. The SMILES string of the molecule is Fc1cc2c(c(Br)c1CC1CCCNC1)OCCO2. The highest BCUT2D eigenvalue weighted by Gasteiger charge is 2.24. The van der Waals surface area contributed by atoms with Gasteiger partial charge in [0.2, 0.25) is 0 Å². The molecule has 0 amide bonds. The van der Waals surface area contributed by atoms with Gasteiger partial charge >= 0.3 is 0 Å². The van der Waals surface area contributed by atoms with E-state index in [-0.39, 0.29) is 5.82 Å². The van der Waals surface area contributed by atoms with Crippen LogP contribution in [0.2, 0.25) is 0 Å². The number of halogens is 2. The lowest BCUT2D eigenvalue weighted by Gasteiger charge is -2.25. The monoisotopic (exact) mass is 329 g/mol. The van der Waals surface area contributed by atoms with Crippen molar-refractivity contribution in [3.05, 3.63) is 21.9 Å². The minimum absolute atomic E-state index is 0.207. The van der Waals surface area contributed by atoms with Crippen LogP contribution >= 0.6 is 15.9 Å². The second-order valence-electron chi connectivity index (χ2n) is 5.09. The molecule has 1 unspecified atom stereocenters. The highest BCUT2D eigenvalue weighted by atomic mass is 79.9. The topological polar surface area (TPSA) is 30.5 Å². The Balaban J connectivity index is 1.87. The maximum atomic E-state index is 14.2. The van der Waals surface area contributed by atoms with Crippen molar-refractivity contribution in [2.45, 2.75) is 19.3 Å². The molecule has 0 radical (unpaired) electrons. The number of benzene rings is 1. The van der Waals surface area contributed by atoms with E-state index in [0.717, 1.165) is 32.4 Å². The van der Waals surface area contributed by atoms with Crippen LogP contribution in [0.25, 0.3) is 0 Å². The van der Waals surface area contributed by atoms with E-state index in [1.54, 1.807) is 0 Å². The third-order valence-corrected chi connectivity index (χ3v) is 4.55. The smallest absolute Gasteiger partial charge is 0.175 e. The van der Waals surface area contributed by atoms with Gasteiger partial charge in [0.15, 0.2) is 11.5 Å². The summed E-state index contributed by atoms with van der Waals surface area (Å²) in [6.45, 7) is 3.02. The van der Waals surface area contributed by atoms with Crippen molar-refractivity contribution in [1.29, 1.82) is 0 Å². The highest BCUT2D eigenvalue weighted by Crippen LogP contribution is 2.42. The standard InChI is InChI=1S/C14H17BrFNO2/c15-13-10(6-9-2-1-3-17-8-9)11(16)7-12-14(13)19-5-4-18-12/h7,9,17H,1-6,8H2. The van der Waals surface area contributed by atoms with Crippen LogP contribution in [0.4, 0.5) is 4.39 Å². The van der Waals surface area contributed by atoms with Crippen molar-refractivity contribution in [2.75, 3.05) is 26.3 Å². The minimum atomic E-state index is -0.207. The molecule has 2 heterocycles. The van der Waals surface area contributed by atoms with Gasteiger partial charge in [-0.15, -0.1) is 0 Å². The van der Waals surface area contributed by atoms with E-state index in [4.69, 9.17) is 9.47 Å². The van der Waals surface area contributed by atoms with Crippen molar-refractivity contribution in [2.24, 2.45) is 5.92 Å². The van der Waals surface area contributed by atoms with E-state index >= 15 is 0 Å². The van der Waals surface area contributed by atoms with E-state index in [2.05, 4.69) is 21.2 Å². The Morgan fingerprint density at radius 1 is 1.37 bits per heavy atom. The molecular formula is C14H17BrFNO2. The minimum Gasteiger partial charge on any atom is -0.486 e. The predicted octanol–water partition coefficient (Wildman–Crippen LogP) is 2.90. The van der Waals surface area contributed by atoms with Gasteiger partial charge in [0.25, 0.3) is 0 Å². The molecule has 0 saturated carbocycles. The highest BCUT2D eigenvalue weighted by molar-refractivity contribution is 9.10. The lowest BCUT2D eigenvalue weighted by molar-refractivity contribution is 0.169. The molecule has 1 N–H and O–H groups in total. The fraction of sp³-hybridized carbons (Fsp3) is 0.571. The molecule has 3 nitrogen and oxygen atoms in total. The molecule has 0 aliphatic carbocycles. The molecule has 1 saturated heterocycles. The number of nitrogens with one attached hydrogen (secondary N) is 1. The molecule has 1 atom stereocenters. The molecule has 1 fully saturated rings. The largest absolute Gasteiger partial charge is 0.486 e. The van der Waals surface area contributed by atoms with Gasteiger partial charge in [0, 0.05) is 11.6 Å². The lowest BCUT2D eigenvalue weighted by atomic mass is 9.92. The van der Waals surface area contributed by atoms with Crippen LogP contribution in [0.3, 0.4) is 0 Å². The van der Waals surface area contributed by atoms with Gasteiger partial charge in [-0.1, -0.05) is 0 Å². The van der Waals surface area contributed by atoms with Crippen molar-refractivity contribution >= 4 is 15.9 Å². The number of fused-ring (bicyclic) bond motifs is 1. The van der Waals surface area contributed by atoms with E-state index < -0.39 is 0 Å². The molecule has 2 aliphatic rings. The zero-order chi connectivity index (χ0) is 13.2. The molecule has 0 bridgehead atoms. The second-order valence-corrected chi connectivity index (χ2v) is 5.88. The van der Waals surface area contributed by atoms with Gasteiger partial charge < -0.3 is 14.8 Å². The molecular weight excluding hydrogens is 313 g/mol. The quantitative estimate of drug-likeness (QED) is 0.905. The molecule has 5 heteroatoms. The summed E-state index contributed by atoms with van der Waals surface area (Å²) in [6.07, 6.45) is 3.04. The van der Waals surface area contributed by atoms with Gasteiger partial charge in [-0.25, -0.2) is 4.39 Å². The Morgan fingerprint density at radius 3 is 3.00 bits per heavy atom. The third kappa shape index (κ3) is 2.72. The first-order chi connectivity index (χ1) is 9.25. The zero-order valence-corrected chi connectivity index (χ0v) is 12.3. The van der Waals surface area contributed by atoms with Crippen LogP contribution in [-0.2, 0) is 6.42 Å². The number of ether oxygens (including phenoxy) is 2. The normalized spacial score (nSPS) is 22.3. The van der Waals surface area contributed by atoms with Crippen LogP contribution < -0.4 is 14.8 Å². The first-order valence-corrected chi connectivity index (χ1v) is 7.52. The summed E-state index contributed by atoms with van der Waals surface area (Å²) in [6, 6.07) is 1.45. The van der Waals surface area contributed by atoms with Gasteiger partial charge in [-0.2, -0.15) is 0 Å². The summed E-state index contributed by atoms with van der Waals surface area (Å²) >= 11 is 3.48. The summed E-state index contributed by atoms with van der Waals surface area (Å²) in [5.74, 6) is 1.43. The Bertz CT molecular complexity index is 475. The maximum Gasteiger partial charge on any atom is 0.175 e. The van der Waals surface area contributed by atoms with Gasteiger partial charge in [-0.3, -0.25) is 0 Å².